The van der Waals surface area contributed by atoms with E-state index in [0.717, 1.165) is 12.1 Å². The first-order valence-corrected chi connectivity index (χ1v) is 7.03. The Morgan fingerprint density at radius 2 is 2.05 bits per heavy atom. The molecule has 7 nitrogen and oxygen atoms in total. The lowest BCUT2D eigenvalue weighted by Gasteiger charge is -2.16. The van der Waals surface area contributed by atoms with E-state index in [1.54, 1.807) is 29.2 Å². The molecule has 7 heteroatoms. The van der Waals surface area contributed by atoms with Crippen LogP contribution in [0.5, 0.6) is 5.75 Å². The number of carbonyl (C=O) groups is 3. The summed E-state index contributed by atoms with van der Waals surface area (Å²) in [5.74, 6) is -1.02. The number of anilines is 1. The van der Waals surface area contributed by atoms with E-state index in [2.05, 4.69) is 5.32 Å². The molecule has 0 unspecified atom stereocenters. The summed E-state index contributed by atoms with van der Waals surface area (Å²) < 4.78 is 5.28. The van der Waals surface area contributed by atoms with E-state index in [0.29, 0.717) is 18.7 Å². The van der Waals surface area contributed by atoms with Crippen molar-refractivity contribution in [2.24, 2.45) is 0 Å². The van der Waals surface area contributed by atoms with Crippen molar-refractivity contribution in [3.8, 4) is 5.75 Å². The van der Waals surface area contributed by atoms with Gasteiger partial charge < -0.3 is 20.1 Å². The van der Waals surface area contributed by atoms with Crippen LogP contribution in [0.2, 0.25) is 0 Å². The van der Waals surface area contributed by atoms with Crippen molar-refractivity contribution in [1.29, 1.82) is 0 Å². The zero-order valence-electron chi connectivity index (χ0n) is 12.2. The van der Waals surface area contributed by atoms with Crippen LogP contribution in [0.1, 0.15) is 19.8 Å². The number of aliphatic carboxylic acids is 1. The summed E-state index contributed by atoms with van der Waals surface area (Å²) in [4.78, 5) is 35.4. The molecule has 1 atom stereocenters. The fourth-order valence-corrected chi connectivity index (χ4v) is 2.14. The van der Waals surface area contributed by atoms with Gasteiger partial charge in [-0.2, -0.15) is 0 Å². The lowest BCUT2D eigenvalue weighted by molar-refractivity contribution is -0.141. The van der Waals surface area contributed by atoms with Crippen LogP contribution in [0.25, 0.3) is 0 Å². The van der Waals surface area contributed by atoms with Gasteiger partial charge in [0.15, 0.2) is 6.61 Å². The Morgan fingerprint density at radius 3 is 2.59 bits per heavy atom. The molecule has 0 aromatic heterocycles. The Hall–Kier alpha value is -2.57. The second kappa shape index (κ2) is 6.93. The molecule has 1 aromatic rings. The van der Waals surface area contributed by atoms with Gasteiger partial charge in [0.2, 0.25) is 5.91 Å². The maximum Gasteiger partial charge on any atom is 0.325 e. The Morgan fingerprint density at radius 1 is 1.36 bits per heavy atom. The molecule has 2 N–H and O–H groups in total. The minimum absolute atomic E-state index is 0.107. The van der Waals surface area contributed by atoms with Crippen molar-refractivity contribution in [3.05, 3.63) is 24.3 Å². The smallest absolute Gasteiger partial charge is 0.325 e. The van der Waals surface area contributed by atoms with Crippen molar-refractivity contribution in [2.75, 3.05) is 18.1 Å². The van der Waals surface area contributed by atoms with E-state index in [1.165, 1.54) is 6.92 Å². The molecule has 0 saturated carbocycles. The molecule has 1 fully saturated rings. The maximum absolute atomic E-state index is 11.6. The molecule has 2 rings (SSSR count). The molecule has 0 aliphatic carbocycles. The van der Waals surface area contributed by atoms with Crippen LogP contribution in [-0.4, -0.2) is 42.1 Å². The van der Waals surface area contributed by atoms with Gasteiger partial charge in [-0.15, -0.1) is 0 Å². The number of nitrogens with zero attached hydrogens (tertiary/aromatic N) is 1. The predicted molar refractivity (Wildman–Crippen MR) is 78.8 cm³/mol. The molecule has 1 aliphatic heterocycles. The van der Waals surface area contributed by atoms with Crippen molar-refractivity contribution in [2.45, 2.75) is 25.8 Å². The van der Waals surface area contributed by atoms with Crippen molar-refractivity contribution in [1.82, 2.24) is 5.32 Å². The summed E-state index contributed by atoms with van der Waals surface area (Å²) in [6, 6.07) is 5.91. The van der Waals surface area contributed by atoms with Gasteiger partial charge in [-0.3, -0.25) is 14.4 Å². The summed E-state index contributed by atoms with van der Waals surface area (Å²) in [5, 5.41) is 11.0. The number of carbonyl (C=O) groups excluding carboxylic acids is 2. The third-order valence-electron chi connectivity index (χ3n) is 3.34. The van der Waals surface area contributed by atoms with Crippen LogP contribution < -0.4 is 15.0 Å². The van der Waals surface area contributed by atoms with E-state index < -0.39 is 17.9 Å². The van der Waals surface area contributed by atoms with Gasteiger partial charge in [0, 0.05) is 18.7 Å². The van der Waals surface area contributed by atoms with Crippen LogP contribution >= 0.6 is 0 Å². The topological polar surface area (TPSA) is 95.9 Å². The standard InChI is InChI=1S/C15H18N2O5/c1-10(15(20)21)16-13(18)9-22-12-6-4-11(5-7-12)17-8-2-3-14(17)19/h4-7,10H,2-3,8-9H2,1H3,(H,16,18)(H,20,21)/t10-/m0/s1. The molecule has 1 aliphatic rings. The lowest BCUT2D eigenvalue weighted by atomic mass is 10.3. The number of ether oxygens (including phenoxy) is 1. The van der Waals surface area contributed by atoms with Crippen LogP contribution in [0.4, 0.5) is 5.69 Å². The van der Waals surface area contributed by atoms with E-state index >= 15 is 0 Å². The summed E-state index contributed by atoms with van der Waals surface area (Å²) >= 11 is 0. The highest BCUT2D eigenvalue weighted by Gasteiger charge is 2.21. The second-order valence-electron chi connectivity index (χ2n) is 5.06. The maximum atomic E-state index is 11.6. The molecule has 1 aromatic carbocycles. The quantitative estimate of drug-likeness (QED) is 0.809. The minimum Gasteiger partial charge on any atom is -0.484 e. The Bertz CT molecular complexity index is 570. The van der Waals surface area contributed by atoms with Gasteiger partial charge in [0.25, 0.3) is 5.91 Å². The Kier molecular flexibility index (Phi) is 4.98. The number of rotatable bonds is 6. The molecular weight excluding hydrogens is 288 g/mol. The number of amides is 2. The number of carboxylic acid groups (broad SMARTS) is 1. The normalized spacial score (nSPS) is 15.5. The van der Waals surface area contributed by atoms with Crippen LogP contribution in [-0.2, 0) is 14.4 Å². The average Bonchev–Trinajstić information content (AvgIpc) is 2.91. The summed E-state index contributed by atoms with van der Waals surface area (Å²) in [6.07, 6.45) is 1.43. The molecule has 0 spiro atoms. The predicted octanol–water partition coefficient (Wildman–Crippen LogP) is 0.781. The molecule has 118 valence electrons. The first-order chi connectivity index (χ1) is 10.5. The van der Waals surface area contributed by atoms with Crippen molar-refractivity contribution in [3.63, 3.8) is 0 Å². The molecule has 1 saturated heterocycles. The number of hydrogen-bond acceptors (Lipinski definition) is 4. The van der Waals surface area contributed by atoms with Crippen molar-refractivity contribution < 1.29 is 24.2 Å². The second-order valence-corrected chi connectivity index (χ2v) is 5.06. The van der Waals surface area contributed by atoms with Gasteiger partial charge in [-0.25, -0.2) is 0 Å². The minimum atomic E-state index is -1.10. The fraction of sp³-hybridized carbons (Fsp3) is 0.400. The highest BCUT2D eigenvalue weighted by molar-refractivity contribution is 5.95. The van der Waals surface area contributed by atoms with Gasteiger partial charge in [0.1, 0.15) is 11.8 Å². The largest absolute Gasteiger partial charge is 0.484 e. The SMILES string of the molecule is C[C@H](NC(=O)COc1ccc(N2CCCC2=O)cc1)C(=O)O. The highest BCUT2D eigenvalue weighted by Crippen LogP contribution is 2.23. The molecule has 0 bridgehead atoms. The van der Waals surface area contributed by atoms with Gasteiger partial charge in [-0.05, 0) is 37.6 Å². The number of carboxylic acids is 1. The van der Waals surface area contributed by atoms with E-state index in [-0.39, 0.29) is 12.5 Å². The van der Waals surface area contributed by atoms with Gasteiger partial charge in [-0.1, -0.05) is 0 Å². The van der Waals surface area contributed by atoms with Crippen LogP contribution in [0.15, 0.2) is 24.3 Å². The first kappa shape index (κ1) is 15.8. The zero-order chi connectivity index (χ0) is 16.1. The summed E-state index contributed by atoms with van der Waals surface area (Å²) in [5.41, 5.74) is 0.804. The van der Waals surface area contributed by atoms with Gasteiger partial charge >= 0.3 is 5.97 Å². The molecule has 0 radical (unpaired) electrons. The summed E-state index contributed by atoms with van der Waals surface area (Å²) in [6.45, 7) is 1.83. The Labute approximate surface area is 127 Å². The number of nitrogens with one attached hydrogen (secondary N) is 1. The average molecular weight is 306 g/mol. The third kappa shape index (κ3) is 3.97. The fourth-order valence-electron chi connectivity index (χ4n) is 2.14. The Balaban J connectivity index is 1.85. The molecule has 1 heterocycles. The third-order valence-corrected chi connectivity index (χ3v) is 3.34. The molecule has 22 heavy (non-hydrogen) atoms. The van der Waals surface area contributed by atoms with Crippen LogP contribution in [0, 0.1) is 0 Å². The number of benzene rings is 1. The molecule has 2 amide bonds. The summed E-state index contributed by atoms with van der Waals surface area (Å²) in [7, 11) is 0. The molecular formula is C15H18N2O5. The first-order valence-electron chi connectivity index (χ1n) is 7.03. The van der Waals surface area contributed by atoms with Gasteiger partial charge in [0.05, 0.1) is 0 Å². The number of hydrogen-bond donors (Lipinski definition) is 2. The van der Waals surface area contributed by atoms with E-state index in [4.69, 9.17) is 9.84 Å². The highest BCUT2D eigenvalue weighted by atomic mass is 16.5. The van der Waals surface area contributed by atoms with Crippen molar-refractivity contribution >= 4 is 23.5 Å². The monoisotopic (exact) mass is 306 g/mol. The lowest BCUT2D eigenvalue weighted by Crippen LogP contribution is -2.40. The van der Waals surface area contributed by atoms with E-state index in [1.807, 2.05) is 0 Å². The van der Waals surface area contributed by atoms with Crippen LogP contribution in [0.3, 0.4) is 0 Å². The zero-order valence-corrected chi connectivity index (χ0v) is 12.2. The van der Waals surface area contributed by atoms with E-state index in [9.17, 15) is 14.4 Å².